The molecule has 0 spiro atoms. The van der Waals surface area contributed by atoms with Gasteiger partial charge in [-0.25, -0.2) is 0 Å². The molecule has 0 atom stereocenters. The summed E-state index contributed by atoms with van der Waals surface area (Å²) < 4.78 is 0. The summed E-state index contributed by atoms with van der Waals surface area (Å²) in [7, 11) is 0. The first kappa shape index (κ1) is 28.8. The van der Waals surface area contributed by atoms with Gasteiger partial charge in [0.2, 0.25) is 0 Å². The van der Waals surface area contributed by atoms with Crippen LogP contribution in [0.2, 0.25) is 0 Å². The van der Waals surface area contributed by atoms with E-state index in [0.29, 0.717) is 0 Å². The summed E-state index contributed by atoms with van der Waals surface area (Å²) in [5, 5.41) is 0. The molecule has 0 bridgehead atoms. The quantitative estimate of drug-likeness (QED) is 0.144. The molecule has 180 valence electrons. The number of rotatable bonds is 14. The summed E-state index contributed by atoms with van der Waals surface area (Å²) in [5.74, 6) is 0. The molecular formula is C30H40N2Ni. The number of nitrogens with zero attached hydrogens (tertiary/aromatic N) is 2. The van der Waals surface area contributed by atoms with E-state index < -0.39 is 0 Å². The summed E-state index contributed by atoms with van der Waals surface area (Å²) in [6.07, 6.45) is 21.2. The van der Waals surface area contributed by atoms with E-state index in [0.717, 1.165) is 49.2 Å². The zero-order valence-electron chi connectivity index (χ0n) is 20.6. The molecule has 0 aliphatic carbocycles. The van der Waals surface area contributed by atoms with Gasteiger partial charge < -0.3 is 0 Å². The predicted molar refractivity (Wildman–Crippen MR) is 145 cm³/mol. The Morgan fingerprint density at radius 3 is 1.85 bits per heavy atom. The van der Waals surface area contributed by atoms with Gasteiger partial charge in [-0.1, -0.05) is 101 Å². The van der Waals surface area contributed by atoms with Crippen molar-refractivity contribution in [3.05, 3.63) is 71.8 Å². The van der Waals surface area contributed by atoms with E-state index in [1.807, 2.05) is 6.21 Å². The van der Waals surface area contributed by atoms with Crippen molar-refractivity contribution < 1.29 is 16.5 Å². The smallest absolute Gasteiger partial charge is 0.0639 e. The molecule has 2 aromatic rings. The summed E-state index contributed by atoms with van der Waals surface area (Å²) >= 11 is 0. The monoisotopic (exact) mass is 486 g/mol. The zero-order chi connectivity index (χ0) is 22.9. The van der Waals surface area contributed by atoms with Gasteiger partial charge in [0, 0.05) is 22.7 Å². The van der Waals surface area contributed by atoms with Gasteiger partial charge in [0.15, 0.2) is 0 Å². The Morgan fingerprint density at radius 1 is 0.727 bits per heavy atom. The third-order valence-electron chi connectivity index (χ3n) is 5.23. The van der Waals surface area contributed by atoms with Crippen LogP contribution >= 0.6 is 0 Å². The van der Waals surface area contributed by atoms with Crippen molar-refractivity contribution >= 4 is 35.5 Å². The Kier molecular flexibility index (Phi) is 15.9. The first-order valence-corrected chi connectivity index (χ1v) is 12.4. The average Bonchev–Trinajstić information content (AvgIpc) is 2.82. The van der Waals surface area contributed by atoms with Gasteiger partial charge in [0.1, 0.15) is 0 Å². The molecular weight excluding hydrogens is 447 g/mol. The van der Waals surface area contributed by atoms with E-state index >= 15 is 0 Å². The van der Waals surface area contributed by atoms with Crippen LogP contribution in [0.5, 0.6) is 0 Å². The normalized spacial score (nSPS) is 12.2. The molecule has 0 unspecified atom stereocenters. The number of hydrogen-bond donors (Lipinski definition) is 0. The fraction of sp³-hybridized carbons (Fsp3) is 0.400. The van der Waals surface area contributed by atoms with Gasteiger partial charge in [-0.3, -0.25) is 9.98 Å². The van der Waals surface area contributed by atoms with Crippen molar-refractivity contribution in [3.63, 3.8) is 0 Å². The molecule has 33 heavy (non-hydrogen) atoms. The van der Waals surface area contributed by atoms with E-state index in [1.165, 1.54) is 36.8 Å². The van der Waals surface area contributed by atoms with Crippen LogP contribution in [-0.2, 0) is 16.5 Å². The Labute approximate surface area is 212 Å². The molecule has 0 amide bonds. The van der Waals surface area contributed by atoms with Crippen molar-refractivity contribution in [2.45, 2.75) is 78.6 Å². The first-order chi connectivity index (χ1) is 15.7. The van der Waals surface area contributed by atoms with Crippen LogP contribution in [0.4, 0.5) is 11.4 Å². The fourth-order valence-electron chi connectivity index (χ4n) is 3.31. The molecule has 2 aromatic carbocycles. The second-order valence-corrected chi connectivity index (χ2v) is 8.24. The Balaban J connectivity index is 0.00000544. The number of allylic oxidation sites excluding steroid dienone is 2. The second kappa shape index (κ2) is 18.2. The predicted octanol–water partition coefficient (Wildman–Crippen LogP) is 9.76. The van der Waals surface area contributed by atoms with Crippen molar-refractivity contribution in [3.8, 4) is 0 Å². The van der Waals surface area contributed by atoms with Crippen LogP contribution in [0.15, 0.2) is 70.7 Å². The van der Waals surface area contributed by atoms with Crippen molar-refractivity contribution in [1.82, 2.24) is 0 Å². The van der Waals surface area contributed by atoms with Gasteiger partial charge in [0.25, 0.3) is 0 Å². The molecule has 0 aliphatic rings. The topological polar surface area (TPSA) is 24.7 Å². The van der Waals surface area contributed by atoms with E-state index in [2.05, 4.69) is 93.6 Å². The third kappa shape index (κ3) is 12.5. The minimum atomic E-state index is 0. The van der Waals surface area contributed by atoms with Crippen LogP contribution in [0.3, 0.4) is 0 Å². The number of benzene rings is 2. The van der Waals surface area contributed by atoms with Crippen LogP contribution in [0, 0.1) is 0 Å². The molecule has 0 fully saturated rings. The molecule has 0 saturated carbocycles. The Hall–Kier alpha value is -2.25. The number of aliphatic imine (C=N–C) groups is 2. The van der Waals surface area contributed by atoms with Crippen molar-refractivity contribution in [1.29, 1.82) is 0 Å². The molecule has 2 nitrogen and oxygen atoms in total. The number of unbranched alkanes of at least 4 members (excludes halogenated alkanes) is 5. The molecule has 3 heteroatoms. The minimum absolute atomic E-state index is 0. The van der Waals surface area contributed by atoms with Gasteiger partial charge in [-0.2, -0.15) is 0 Å². The summed E-state index contributed by atoms with van der Waals surface area (Å²) in [6.45, 7) is 6.66. The molecule has 0 aliphatic heterocycles. The Bertz CT molecular complexity index is 909. The summed E-state index contributed by atoms with van der Waals surface area (Å²) in [4.78, 5) is 9.68. The SMILES string of the molecule is CCCCC=Cc1cccc(N=CC(CCCC)=Nc2cccc(C=CCCCC)c2)c1.[Ni]. The van der Waals surface area contributed by atoms with Crippen LogP contribution in [0.25, 0.3) is 12.2 Å². The van der Waals surface area contributed by atoms with Crippen molar-refractivity contribution in [2.24, 2.45) is 9.98 Å². The molecule has 0 aromatic heterocycles. The van der Waals surface area contributed by atoms with E-state index in [9.17, 15) is 0 Å². The fourth-order valence-corrected chi connectivity index (χ4v) is 3.31. The van der Waals surface area contributed by atoms with Gasteiger partial charge >= 0.3 is 0 Å². The maximum absolute atomic E-state index is 4.93. The second-order valence-electron chi connectivity index (χ2n) is 8.24. The van der Waals surface area contributed by atoms with Gasteiger partial charge in [-0.05, 0) is 61.1 Å². The third-order valence-corrected chi connectivity index (χ3v) is 5.23. The van der Waals surface area contributed by atoms with E-state index in [4.69, 9.17) is 9.98 Å². The van der Waals surface area contributed by atoms with Crippen LogP contribution in [-0.4, -0.2) is 11.9 Å². The molecule has 0 N–H and O–H groups in total. The van der Waals surface area contributed by atoms with Crippen LogP contribution < -0.4 is 0 Å². The standard InChI is InChI=1S/C30H40N2.Ni/c1-4-7-10-12-16-26-18-14-21-28(23-26)31-25-30(20-9-6-3)32-29-22-15-19-27(24-29)17-13-11-8-5-2;/h12-19,21-25H,4-11,20H2,1-3H3;. The first-order valence-electron chi connectivity index (χ1n) is 12.4. The molecule has 2 rings (SSSR count). The maximum Gasteiger partial charge on any atom is 0.0639 e. The molecule has 0 radical (unpaired) electrons. The summed E-state index contributed by atoms with van der Waals surface area (Å²) in [5.41, 5.74) is 5.40. The largest absolute Gasteiger partial charge is 0.255 e. The molecule has 0 saturated heterocycles. The zero-order valence-corrected chi connectivity index (χ0v) is 21.6. The molecule has 0 heterocycles. The maximum atomic E-state index is 4.93. The van der Waals surface area contributed by atoms with E-state index in [-0.39, 0.29) is 16.5 Å². The van der Waals surface area contributed by atoms with Crippen molar-refractivity contribution in [2.75, 3.05) is 0 Å². The van der Waals surface area contributed by atoms with Gasteiger partial charge in [0.05, 0.1) is 17.1 Å². The Morgan fingerprint density at radius 2 is 1.27 bits per heavy atom. The minimum Gasteiger partial charge on any atom is -0.255 e. The van der Waals surface area contributed by atoms with E-state index in [1.54, 1.807) is 0 Å². The van der Waals surface area contributed by atoms with Crippen LogP contribution in [0.1, 0.15) is 89.7 Å². The van der Waals surface area contributed by atoms with Gasteiger partial charge in [-0.15, -0.1) is 0 Å². The summed E-state index contributed by atoms with van der Waals surface area (Å²) in [6, 6.07) is 16.9. The number of hydrogen-bond acceptors (Lipinski definition) is 2. The average molecular weight is 487 g/mol.